The summed E-state index contributed by atoms with van der Waals surface area (Å²) in [7, 11) is 0. The Bertz CT molecular complexity index is 997. The van der Waals surface area contributed by atoms with E-state index in [1.165, 1.54) is 0 Å². The third-order valence-corrected chi connectivity index (χ3v) is 5.83. The Labute approximate surface area is 172 Å². The Balaban J connectivity index is 1.22. The molecule has 3 aromatic rings. The van der Waals surface area contributed by atoms with Gasteiger partial charge in [-0.05, 0) is 47.9 Å². The van der Waals surface area contributed by atoms with Gasteiger partial charge in [-0.3, -0.25) is 4.79 Å². The molecule has 1 amide bonds. The smallest absolute Gasteiger partial charge is 0.227 e. The van der Waals surface area contributed by atoms with E-state index in [2.05, 4.69) is 15.5 Å². The maximum absolute atomic E-state index is 12.6. The Kier molecular flexibility index (Phi) is 4.93. The number of hydrogen-bond donors (Lipinski definition) is 1. The first kappa shape index (κ1) is 18.2. The number of nitrogens with one attached hydrogen (secondary N) is 1. The second-order valence-corrected chi connectivity index (χ2v) is 8.09. The topological polar surface area (TPSA) is 86.5 Å². The van der Waals surface area contributed by atoms with Crippen LogP contribution in [0.4, 0.5) is 0 Å². The van der Waals surface area contributed by atoms with Crippen molar-refractivity contribution in [1.82, 2.24) is 15.5 Å². The first-order chi connectivity index (χ1) is 14.3. The molecule has 0 saturated heterocycles. The number of rotatable bonds is 7. The summed E-state index contributed by atoms with van der Waals surface area (Å²) in [6.45, 7) is 1.12. The number of benzene rings is 1. The zero-order valence-electron chi connectivity index (χ0n) is 15.8. The Hall–Kier alpha value is -2.87. The predicted molar refractivity (Wildman–Crippen MR) is 107 cm³/mol. The van der Waals surface area contributed by atoms with Crippen LogP contribution in [0.15, 0.2) is 39.5 Å². The first-order valence-electron chi connectivity index (χ1n) is 9.80. The van der Waals surface area contributed by atoms with Gasteiger partial charge in [-0.25, -0.2) is 0 Å². The van der Waals surface area contributed by atoms with Gasteiger partial charge in [0.15, 0.2) is 11.5 Å². The lowest BCUT2D eigenvalue weighted by molar-refractivity contribution is -0.122. The zero-order chi connectivity index (χ0) is 19.6. The van der Waals surface area contributed by atoms with Crippen molar-refractivity contribution in [2.24, 2.45) is 5.92 Å². The number of amides is 1. The number of carbonyl (C=O) groups excluding carboxylic acids is 1. The van der Waals surface area contributed by atoms with Gasteiger partial charge in [0.1, 0.15) is 13.2 Å². The van der Waals surface area contributed by atoms with Crippen LogP contribution in [-0.2, 0) is 11.2 Å². The van der Waals surface area contributed by atoms with Gasteiger partial charge in [0.25, 0.3) is 0 Å². The SMILES string of the molecule is O=C(CCc1nc(-c2ccsc2)no1)NC(c1ccc2c(c1)OCCO2)C1CC1. The summed E-state index contributed by atoms with van der Waals surface area (Å²) in [5, 5.41) is 11.1. The second-order valence-electron chi connectivity index (χ2n) is 7.31. The highest BCUT2D eigenvalue weighted by molar-refractivity contribution is 7.08. The first-order valence-corrected chi connectivity index (χ1v) is 10.7. The van der Waals surface area contributed by atoms with Gasteiger partial charge in [-0.1, -0.05) is 11.2 Å². The van der Waals surface area contributed by atoms with Crippen LogP contribution in [0.2, 0.25) is 0 Å². The van der Waals surface area contributed by atoms with E-state index in [0.717, 1.165) is 35.5 Å². The van der Waals surface area contributed by atoms with Crippen molar-refractivity contribution in [3.05, 3.63) is 46.5 Å². The molecule has 0 bridgehead atoms. The van der Waals surface area contributed by atoms with Gasteiger partial charge in [0.2, 0.25) is 17.6 Å². The molecule has 0 radical (unpaired) electrons. The number of thiophene rings is 1. The third kappa shape index (κ3) is 4.12. The van der Waals surface area contributed by atoms with E-state index in [-0.39, 0.29) is 11.9 Å². The summed E-state index contributed by atoms with van der Waals surface area (Å²) < 4.78 is 16.6. The summed E-state index contributed by atoms with van der Waals surface area (Å²) in [6.07, 6.45) is 2.96. The molecule has 2 aliphatic rings. The van der Waals surface area contributed by atoms with Crippen LogP contribution in [0.1, 0.15) is 36.8 Å². The largest absolute Gasteiger partial charge is 0.486 e. The third-order valence-electron chi connectivity index (χ3n) is 5.15. The summed E-state index contributed by atoms with van der Waals surface area (Å²) in [6, 6.07) is 7.86. The summed E-state index contributed by atoms with van der Waals surface area (Å²) in [5.74, 6) is 3.00. The van der Waals surface area contributed by atoms with Crippen LogP contribution >= 0.6 is 11.3 Å². The molecule has 1 unspecified atom stereocenters. The molecule has 1 aromatic carbocycles. The fourth-order valence-corrected chi connectivity index (χ4v) is 4.12. The van der Waals surface area contributed by atoms with Crippen LogP contribution in [0.25, 0.3) is 11.4 Å². The summed E-state index contributed by atoms with van der Waals surface area (Å²) in [5.41, 5.74) is 1.99. The number of aryl methyl sites for hydroxylation is 1. The molecular weight excluding hydrogens is 390 g/mol. The maximum Gasteiger partial charge on any atom is 0.227 e. The van der Waals surface area contributed by atoms with E-state index in [1.807, 2.05) is 35.0 Å². The lowest BCUT2D eigenvalue weighted by Crippen LogP contribution is -2.30. The number of hydrogen-bond acceptors (Lipinski definition) is 7. The molecular formula is C21H21N3O4S. The summed E-state index contributed by atoms with van der Waals surface area (Å²) >= 11 is 1.58. The van der Waals surface area contributed by atoms with E-state index in [4.69, 9.17) is 14.0 Å². The van der Waals surface area contributed by atoms with Gasteiger partial charge in [0.05, 0.1) is 6.04 Å². The van der Waals surface area contributed by atoms with Crippen molar-refractivity contribution < 1.29 is 18.8 Å². The van der Waals surface area contributed by atoms with Crippen molar-refractivity contribution in [1.29, 1.82) is 0 Å². The number of carbonyl (C=O) groups is 1. The van der Waals surface area contributed by atoms with Gasteiger partial charge in [-0.15, -0.1) is 0 Å². The average molecular weight is 411 g/mol. The lowest BCUT2D eigenvalue weighted by atomic mass is 10.0. The predicted octanol–water partition coefficient (Wildman–Crippen LogP) is 3.77. The van der Waals surface area contributed by atoms with E-state index in [9.17, 15) is 4.79 Å². The van der Waals surface area contributed by atoms with Crippen molar-refractivity contribution in [3.8, 4) is 22.9 Å². The molecule has 29 heavy (non-hydrogen) atoms. The Morgan fingerprint density at radius 1 is 1.21 bits per heavy atom. The molecule has 150 valence electrons. The van der Waals surface area contributed by atoms with Crippen LogP contribution < -0.4 is 14.8 Å². The molecule has 0 spiro atoms. The normalized spacial score (nSPS) is 16.4. The molecule has 2 aromatic heterocycles. The molecule has 1 aliphatic heterocycles. The number of fused-ring (bicyclic) bond motifs is 1. The summed E-state index contributed by atoms with van der Waals surface area (Å²) in [4.78, 5) is 17.0. The monoisotopic (exact) mass is 411 g/mol. The minimum Gasteiger partial charge on any atom is -0.486 e. The van der Waals surface area contributed by atoms with Crippen LogP contribution in [0, 0.1) is 5.92 Å². The minimum atomic E-state index is -0.0212. The van der Waals surface area contributed by atoms with Crippen molar-refractivity contribution in [3.63, 3.8) is 0 Å². The quantitative estimate of drug-likeness (QED) is 0.637. The van der Waals surface area contributed by atoms with Crippen LogP contribution in [0.3, 0.4) is 0 Å². The van der Waals surface area contributed by atoms with Crippen LogP contribution in [-0.4, -0.2) is 29.3 Å². The molecule has 3 heterocycles. The fraction of sp³-hybridized carbons (Fsp3) is 0.381. The number of ether oxygens (including phenoxy) is 2. The van der Waals surface area contributed by atoms with Gasteiger partial charge in [0, 0.05) is 23.8 Å². The standard InChI is InChI=1S/C21H21N3O4S/c25-18(5-6-19-23-21(24-28-19)15-7-10-29-12-15)22-20(13-1-2-13)14-3-4-16-17(11-14)27-9-8-26-16/h3-4,7,10-13,20H,1-2,5-6,8-9H2,(H,22,25). The van der Waals surface area contributed by atoms with E-state index < -0.39 is 0 Å². The van der Waals surface area contributed by atoms with Crippen molar-refractivity contribution >= 4 is 17.2 Å². The highest BCUT2D eigenvalue weighted by Gasteiger charge is 2.34. The average Bonchev–Trinajstić information content (AvgIpc) is 3.24. The van der Waals surface area contributed by atoms with E-state index >= 15 is 0 Å². The molecule has 1 fully saturated rings. The van der Waals surface area contributed by atoms with Gasteiger partial charge in [-0.2, -0.15) is 16.3 Å². The molecule has 7 nitrogen and oxygen atoms in total. The van der Waals surface area contributed by atoms with Gasteiger partial charge >= 0.3 is 0 Å². The van der Waals surface area contributed by atoms with Crippen molar-refractivity contribution in [2.75, 3.05) is 13.2 Å². The highest BCUT2D eigenvalue weighted by Crippen LogP contribution is 2.43. The Morgan fingerprint density at radius 2 is 2.07 bits per heavy atom. The highest BCUT2D eigenvalue weighted by atomic mass is 32.1. The van der Waals surface area contributed by atoms with Crippen molar-refractivity contribution in [2.45, 2.75) is 31.7 Å². The van der Waals surface area contributed by atoms with Gasteiger partial charge < -0.3 is 19.3 Å². The lowest BCUT2D eigenvalue weighted by Gasteiger charge is -2.23. The molecule has 1 saturated carbocycles. The number of nitrogens with zero attached hydrogens (tertiary/aromatic N) is 2. The Morgan fingerprint density at radius 3 is 2.86 bits per heavy atom. The maximum atomic E-state index is 12.6. The second kappa shape index (κ2) is 7.87. The fourth-order valence-electron chi connectivity index (χ4n) is 3.49. The molecule has 1 atom stereocenters. The number of aromatic nitrogens is 2. The van der Waals surface area contributed by atoms with E-state index in [1.54, 1.807) is 11.3 Å². The molecule has 8 heteroatoms. The van der Waals surface area contributed by atoms with Crippen LogP contribution in [0.5, 0.6) is 11.5 Å². The molecule has 5 rings (SSSR count). The zero-order valence-corrected chi connectivity index (χ0v) is 16.6. The molecule has 1 aliphatic carbocycles. The molecule has 1 N–H and O–H groups in total. The van der Waals surface area contributed by atoms with E-state index in [0.29, 0.717) is 43.7 Å². The minimum absolute atomic E-state index is 0.0117.